The molecule has 0 saturated carbocycles. The second-order valence-corrected chi connectivity index (χ2v) is 5.35. The first-order valence-electron chi connectivity index (χ1n) is 6.82. The van der Waals surface area contributed by atoms with E-state index in [2.05, 4.69) is 5.32 Å². The van der Waals surface area contributed by atoms with Gasteiger partial charge in [-0.3, -0.25) is 4.79 Å². The van der Waals surface area contributed by atoms with Gasteiger partial charge in [0.1, 0.15) is 5.75 Å². The molecule has 0 radical (unpaired) electrons. The van der Waals surface area contributed by atoms with E-state index in [0.29, 0.717) is 29.0 Å². The van der Waals surface area contributed by atoms with Crippen molar-refractivity contribution in [3.63, 3.8) is 0 Å². The molecule has 0 aliphatic carbocycles. The van der Waals surface area contributed by atoms with Gasteiger partial charge in [-0.15, -0.1) is 0 Å². The van der Waals surface area contributed by atoms with E-state index in [9.17, 15) is 18.0 Å². The van der Waals surface area contributed by atoms with Gasteiger partial charge in [-0.1, -0.05) is 24.6 Å². The average molecular weight is 334 g/mol. The third kappa shape index (κ3) is 3.94. The van der Waals surface area contributed by atoms with Crippen molar-refractivity contribution >= 4 is 23.6 Å². The Kier molecular flexibility index (Phi) is 5.01. The van der Waals surface area contributed by atoms with Crippen molar-refractivity contribution in [3.05, 3.63) is 34.4 Å². The van der Waals surface area contributed by atoms with Gasteiger partial charge in [-0.05, 0) is 30.2 Å². The third-order valence-electron chi connectivity index (χ3n) is 3.16. The monoisotopic (exact) mass is 333 g/mol. The van der Waals surface area contributed by atoms with Crippen LogP contribution in [0.15, 0.2) is 18.2 Å². The normalized spacial score (nSPS) is 16.9. The number of halogens is 4. The predicted molar refractivity (Wildman–Crippen MR) is 77.7 cm³/mol. The van der Waals surface area contributed by atoms with Crippen molar-refractivity contribution in [3.8, 4) is 5.75 Å². The van der Waals surface area contributed by atoms with Crippen molar-refractivity contribution in [2.45, 2.75) is 38.6 Å². The number of ether oxygens (including phenoxy) is 1. The van der Waals surface area contributed by atoms with Crippen LogP contribution in [0.3, 0.4) is 0 Å². The Hall–Kier alpha value is -1.69. The summed E-state index contributed by atoms with van der Waals surface area (Å²) in [6.45, 7) is 2.03. The minimum Gasteiger partial charge on any atom is -0.476 e. The highest BCUT2D eigenvalue weighted by molar-refractivity contribution is 6.31. The first-order valence-corrected chi connectivity index (χ1v) is 7.19. The molecule has 22 heavy (non-hydrogen) atoms. The molecule has 1 N–H and O–H groups in total. The lowest BCUT2D eigenvalue weighted by molar-refractivity contribution is -0.180. The minimum atomic E-state index is -4.47. The van der Waals surface area contributed by atoms with E-state index in [1.54, 1.807) is 0 Å². The van der Waals surface area contributed by atoms with Gasteiger partial charge < -0.3 is 10.1 Å². The molecular weight excluding hydrogens is 319 g/mol. The quantitative estimate of drug-likeness (QED) is 0.901. The van der Waals surface area contributed by atoms with Crippen LogP contribution in [0.25, 0.3) is 6.08 Å². The molecule has 1 aliphatic rings. The van der Waals surface area contributed by atoms with Gasteiger partial charge in [0.05, 0.1) is 0 Å². The van der Waals surface area contributed by atoms with Crippen LogP contribution < -0.4 is 10.1 Å². The number of fused-ring (bicyclic) bond motifs is 1. The van der Waals surface area contributed by atoms with Crippen LogP contribution in [0, 0.1) is 0 Å². The number of alkyl halides is 3. The molecule has 2 rings (SSSR count). The molecule has 0 aromatic heterocycles. The van der Waals surface area contributed by atoms with Gasteiger partial charge in [-0.2, -0.15) is 13.2 Å². The van der Waals surface area contributed by atoms with E-state index in [0.717, 1.165) is 6.08 Å². The molecule has 0 bridgehead atoms. The molecule has 1 aromatic carbocycles. The van der Waals surface area contributed by atoms with Crippen LogP contribution >= 0.6 is 11.6 Å². The number of carbonyl (C=O) groups excluding carboxylic acids is 1. The van der Waals surface area contributed by atoms with Gasteiger partial charge in [0, 0.05) is 23.6 Å². The van der Waals surface area contributed by atoms with E-state index in [-0.39, 0.29) is 18.2 Å². The van der Waals surface area contributed by atoms with Crippen LogP contribution in [0.1, 0.15) is 30.9 Å². The topological polar surface area (TPSA) is 38.3 Å². The smallest absolute Gasteiger partial charge is 0.429 e. The predicted octanol–water partition coefficient (Wildman–Crippen LogP) is 4.09. The molecule has 7 heteroatoms. The molecule has 120 valence electrons. The fourth-order valence-electron chi connectivity index (χ4n) is 2.03. The standard InChI is InChI=1S/C15H15ClF3NO2/c1-2-3-14(21)20-8-10-7-12-9(6-11(10)16)4-5-13(22-12)15(17,18)19/h4-7,13H,2-3,8H2,1H3,(H,20,21). The molecular formula is C15H15ClF3NO2. The molecule has 1 amide bonds. The Morgan fingerprint density at radius 1 is 1.41 bits per heavy atom. The highest BCUT2D eigenvalue weighted by Gasteiger charge is 2.41. The Morgan fingerprint density at radius 3 is 2.77 bits per heavy atom. The number of rotatable bonds is 4. The van der Waals surface area contributed by atoms with Gasteiger partial charge in [0.15, 0.2) is 0 Å². The lowest BCUT2D eigenvalue weighted by Gasteiger charge is -2.24. The van der Waals surface area contributed by atoms with Gasteiger partial charge in [-0.25, -0.2) is 0 Å². The molecule has 0 fully saturated rings. The van der Waals surface area contributed by atoms with Gasteiger partial charge in [0.2, 0.25) is 12.0 Å². The number of nitrogens with one attached hydrogen (secondary N) is 1. The summed E-state index contributed by atoms with van der Waals surface area (Å²) in [5.74, 6) is -0.0285. The summed E-state index contributed by atoms with van der Waals surface area (Å²) in [5, 5.41) is 3.04. The van der Waals surface area contributed by atoms with Crippen LogP contribution in [0.4, 0.5) is 13.2 Å². The molecule has 1 aliphatic heterocycles. The molecule has 1 atom stereocenters. The van der Waals surface area contributed by atoms with Crippen LogP contribution in [0.2, 0.25) is 5.02 Å². The third-order valence-corrected chi connectivity index (χ3v) is 3.51. The maximum atomic E-state index is 12.7. The average Bonchev–Trinajstić information content (AvgIpc) is 2.44. The summed E-state index contributed by atoms with van der Waals surface area (Å²) in [6, 6.07) is 2.97. The first-order chi connectivity index (χ1) is 10.3. The van der Waals surface area contributed by atoms with Crippen molar-refractivity contribution in [1.29, 1.82) is 0 Å². The summed E-state index contributed by atoms with van der Waals surface area (Å²) >= 11 is 6.09. The van der Waals surface area contributed by atoms with Gasteiger partial charge in [0.25, 0.3) is 0 Å². The molecule has 3 nitrogen and oxygen atoms in total. The van der Waals surface area contributed by atoms with Crippen molar-refractivity contribution in [2.75, 3.05) is 0 Å². The van der Waals surface area contributed by atoms with Crippen LogP contribution in [-0.2, 0) is 11.3 Å². The zero-order chi connectivity index (χ0) is 16.3. The highest BCUT2D eigenvalue weighted by Crippen LogP contribution is 2.36. The Bertz CT molecular complexity index is 599. The fraction of sp³-hybridized carbons (Fsp3) is 0.400. The largest absolute Gasteiger partial charge is 0.476 e. The molecule has 1 unspecified atom stereocenters. The summed E-state index contributed by atoms with van der Waals surface area (Å²) in [7, 11) is 0. The summed E-state index contributed by atoms with van der Waals surface area (Å²) < 4.78 is 43.0. The lowest BCUT2D eigenvalue weighted by Crippen LogP contribution is -2.34. The minimum absolute atomic E-state index is 0.106. The second kappa shape index (κ2) is 6.60. The number of amides is 1. The highest BCUT2D eigenvalue weighted by atomic mass is 35.5. The van der Waals surface area contributed by atoms with E-state index in [1.807, 2.05) is 6.92 Å². The maximum Gasteiger partial charge on any atom is 0.429 e. The van der Waals surface area contributed by atoms with Crippen molar-refractivity contribution < 1.29 is 22.7 Å². The summed E-state index contributed by atoms with van der Waals surface area (Å²) in [4.78, 5) is 11.5. The maximum absolute atomic E-state index is 12.7. The molecule has 0 saturated heterocycles. The SMILES string of the molecule is CCCC(=O)NCc1cc2c(cc1Cl)C=CC(C(F)(F)F)O2. The first kappa shape index (κ1) is 16.7. The lowest BCUT2D eigenvalue weighted by atomic mass is 10.1. The molecule has 0 spiro atoms. The van der Waals surface area contributed by atoms with E-state index < -0.39 is 12.3 Å². The van der Waals surface area contributed by atoms with Crippen molar-refractivity contribution in [1.82, 2.24) is 5.32 Å². The Labute approximate surface area is 131 Å². The second-order valence-electron chi connectivity index (χ2n) is 4.95. The Balaban J connectivity index is 2.16. The van der Waals surface area contributed by atoms with Crippen LogP contribution in [-0.4, -0.2) is 18.2 Å². The van der Waals surface area contributed by atoms with E-state index in [1.165, 1.54) is 18.2 Å². The number of carbonyl (C=O) groups is 1. The summed E-state index contributed by atoms with van der Waals surface area (Å²) in [5.41, 5.74) is 0.996. The zero-order valence-corrected chi connectivity index (χ0v) is 12.6. The van der Waals surface area contributed by atoms with Crippen molar-refractivity contribution in [2.24, 2.45) is 0 Å². The zero-order valence-electron chi connectivity index (χ0n) is 11.8. The van der Waals surface area contributed by atoms with Gasteiger partial charge >= 0.3 is 6.18 Å². The van der Waals surface area contributed by atoms with Crippen LogP contribution in [0.5, 0.6) is 5.75 Å². The number of hydrogen-bond acceptors (Lipinski definition) is 2. The summed E-state index contributed by atoms with van der Waals surface area (Å²) in [6.07, 6.45) is -3.06. The number of benzene rings is 1. The van der Waals surface area contributed by atoms with E-state index in [4.69, 9.17) is 16.3 Å². The number of hydrogen-bond donors (Lipinski definition) is 1. The molecule has 1 aromatic rings. The Morgan fingerprint density at radius 2 is 2.14 bits per heavy atom. The fourth-order valence-corrected chi connectivity index (χ4v) is 2.27. The van der Waals surface area contributed by atoms with E-state index >= 15 is 0 Å². The molecule has 1 heterocycles.